The fraction of sp³-hybridized carbons (Fsp3) is 0.111. The van der Waals surface area contributed by atoms with Crippen molar-refractivity contribution in [3.05, 3.63) is 59.7 Å². The zero-order valence-corrected chi connectivity index (χ0v) is 15.2. The predicted molar refractivity (Wildman–Crippen MR) is 105 cm³/mol. The summed E-state index contributed by atoms with van der Waals surface area (Å²) in [6.07, 6.45) is 2.80. The maximum atomic E-state index is 11.9. The molecule has 0 spiro atoms. The monoisotopic (exact) mass is 372 g/mol. The third-order valence-corrected chi connectivity index (χ3v) is 4.01. The van der Waals surface area contributed by atoms with Crippen LogP contribution in [0.3, 0.4) is 0 Å². The molecular formula is C18H20N4O3S. The quantitative estimate of drug-likeness (QED) is 0.420. The predicted octanol–water partition coefficient (Wildman–Crippen LogP) is 1.93. The molecule has 0 radical (unpaired) electrons. The van der Waals surface area contributed by atoms with Gasteiger partial charge >= 0.3 is 0 Å². The number of amides is 1. The van der Waals surface area contributed by atoms with E-state index in [1.807, 2.05) is 24.3 Å². The topological polar surface area (TPSA) is 128 Å². The Kier molecular flexibility index (Phi) is 5.78. The average Bonchev–Trinajstić information content (AvgIpc) is 2.54. The van der Waals surface area contributed by atoms with E-state index in [1.165, 1.54) is 0 Å². The lowest BCUT2D eigenvalue weighted by Gasteiger charge is -2.09. The van der Waals surface area contributed by atoms with Crippen molar-refractivity contribution in [2.45, 2.75) is 6.92 Å². The molecule has 0 saturated carbocycles. The standard InChI is InChI=1S/C18H20N4O3S/c1-12(17(23)21-18(19)20)11-14-5-3-4-6-16(14)13-7-9-15(10-8-13)22-26(2,24)25/h3-11,22H,1-2H3,(H4,19,20,21,23). The lowest BCUT2D eigenvalue weighted by Crippen LogP contribution is -2.24. The average molecular weight is 372 g/mol. The first-order valence-electron chi connectivity index (χ1n) is 7.65. The Balaban J connectivity index is 2.37. The van der Waals surface area contributed by atoms with Crippen LogP contribution in [0.15, 0.2) is 59.1 Å². The molecule has 7 nitrogen and oxygen atoms in total. The van der Waals surface area contributed by atoms with Crippen LogP contribution in [0, 0.1) is 0 Å². The van der Waals surface area contributed by atoms with Crippen molar-refractivity contribution in [1.82, 2.24) is 0 Å². The second-order valence-electron chi connectivity index (χ2n) is 5.71. The van der Waals surface area contributed by atoms with E-state index in [0.717, 1.165) is 22.9 Å². The Morgan fingerprint density at radius 3 is 2.27 bits per heavy atom. The maximum Gasteiger partial charge on any atom is 0.275 e. The van der Waals surface area contributed by atoms with Gasteiger partial charge in [0.2, 0.25) is 10.0 Å². The molecule has 2 aromatic rings. The SMILES string of the molecule is CC(=Cc1ccccc1-c1ccc(NS(C)(=O)=O)cc1)C(=O)N=C(N)N. The molecule has 0 fully saturated rings. The lowest BCUT2D eigenvalue weighted by molar-refractivity contribution is -0.114. The normalized spacial score (nSPS) is 11.7. The zero-order chi connectivity index (χ0) is 19.3. The fourth-order valence-corrected chi connectivity index (χ4v) is 2.88. The first-order chi connectivity index (χ1) is 12.2. The molecule has 0 heterocycles. The number of benzene rings is 2. The highest BCUT2D eigenvalue weighted by molar-refractivity contribution is 7.92. The van der Waals surface area contributed by atoms with Crippen molar-refractivity contribution < 1.29 is 13.2 Å². The summed E-state index contributed by atoms with van der Waals surface area (Å²) in [6, 6.07) is 14.5. The van der Waals surface area contributed by atoms with E-state index < -0.39 is 15.9 Å². The molecule has 1 amide bonds. The Labute approximate surface area is 152 Å². The van der Waals surface area contributed by atoms with Gasteiger partial charge in [0.25, 0.3) is 5.91 Å². The highest BCUT2D eigenvalue weighted by Gasteiger charge is 2.08. The second kappa shape index (κ2) is 7.83. The minimum absolute atomic E-state index is 0.287. The molecule has 26 heavy (non-hydrogen) atoms. The van der Waals surface area contributed by atoms with Crippen molar-refractivity contribution in [1.29, 1.82) is 0 Å². The fourth-order valence-electron chi connectivity index (χ4n) is 2.32. The van der Waals surface area contributed by atoms with E-state index in [4.69, 9.17) is 11.5 Å². The summed E-state index contributed by atoms with van der Waals surface area (Å²) in [6.45, 7) is 1.63. The first-order valence-corrected chi connectivity index (χ1v) is 9.54. The van der Waals surface area contributed by atoms with Gasteiger partial charge in [-0.1, -0.05) is 36.4 Å². The molecule has 0 aliphatic heterocycles. The van der Waals surface area contributed by atoms with Gasteiger partial charge in [-0.25, -0.2) is 8.42 Å². The van der Waals surface area contributed by atoms with Gasteiger partial charge in [-0.2, -0.15) is 4.99 Å². The van der Waals surface area contributed by atoms with Crippen LogP contribution < -0.4 is 16.2 Å². The molecule has 0 bridgehead atoms. The molecule has 0 atom stereocenters. The minimum Gasteiger partial charge on any atom is -0.370 e. The molecule has 0 unspecified atom stereocenters. The van der Waals surface area contributed by atoms with E-state index in [0.29, 0.717) is 11.3 Å². The number of carbonyl (C=O) groups is 1. The van der Waals surface area contributed by atoms with Crippen LogP contribution in [0.4, 0.5) is 5.69 Å². The number of aliphatic imine (C=N–C) groups is 1. The van der Waals surface area contributed by atoms with Crippen molar-refractivity contribution in [2.75, 3.05) is 11.0 Å². The number of anilines is 1. The maximum absolute atomic E-state index is 11.9. The number of sulfonamides is 1. The number of hydrogen-bond donors (Lipinski definition) is 3. The van der Waals surface area contributed by atoms with E-state index >= 15 is 0 Å². The van der Waals surface area contributed by atoms with Gasteiger partial charge in [-0.3, -0.25) is 9.52 Å². The van der Waals surface area contributed by atoms with Gasteiger partial charge in [0, 0.05) is 11.3 Å². The van der Waals surface area contributed by atoms with Crippen LogP contribution in [-0.2, 0) is 14.8 Å². The highest BCUT2D eigenvalue weighted by atomic mass is 32.2. The molecule has 2 aromatic carbocycles. The summed E-state index contributed by atoms with van der Waals surface area (Å²) < 4.78 is 25.0. The summed E-state index contributed by atoms with van der Waals surface area (Å²) in [5, 5.41) is 0. The smallest absolute Gasteiger partial charge is 0.275 e. The van der Waals surface area contributed by atoms with Crippen LogP contribution >= 0.6 is 0 Å². The van der Waals surface area contributed by atoms with Crippen molar-refractivity contribution in [2.24, 2.45) is 16.5 Å². The molecule has 2 rings (SSSR count). The van der Waals surface area contributed by atoms with Crippen molar-refractivity contribution in [3.8, 4) is 11.1 Å². The number of nitrogens with one attached hydrogen (secondary N) is 1. The van der Waals surface area contributed by atoms with E-state index in [9.17, 15) is 13.2 Å². The number of nitrogens with zero attached hydrogens (tertiary/aromatic N) is 1. The van der Waals surface area contributed by atoms with Crippen LogP contribution in [-0.4, -0.2) is 26.5 Å². The minimum atomic E-state index is -3.33. The summed E-state index contributed by atoms with van der Waals surface area (Å²) in [5.41, 5.74) is 13.9. The van der Waals surface area contributed by atoms with Gasteiger partial charge in [-0.05, 0) is 41.8 Å². The van der Waals surface area contributed by atoms with E-state index in [1.54, 1.807) is 37.3 Å². The van der Waals surface area contributed by atoms with Crippen LogP contribution in [0.2, 0.25) is 0 Å². The number of nitrogens with two attached hydrogens (primary N) is 2. The van der Waals surface area contributed by atoms with Crippen molar-refractivity contribution >= 4 is 33.7 Å². The highest BCUT2D eigenvalue weighted by Crippen LogP contribution is 2.27. The van der Waals surface area contributed by atoms with Gasteiger partial charge in [-0.15, -0.1) is 0 Å². The van der Waals surface area contributed by atoms with Gasteiger partial charge in [0.15, 0.2) is 5.96 Å². The Hall–Kier alpha value is -3.13. The summed E-state index contributed by atoms with van der Waals surface area (Å²) in [7, 11) is -3.33. The number of carbonyl (C=O) groups excluding carboxylic acids is 1. The molecule has 0 aliphatic carbocycles. The van der Waals surface area contributed by atoms with Gasteiger partial charge < -0.3 is 11.5 Å². The van der Waals surface area contributed by atoms with Gasteiger partial charge in [0.05, 0.1) is 6.26 Å². The summed E-state index contributed by atoms with van der Waals surface area (Å²) >= 11 is 0. The molecule has 136 valence electrons. The van der Waals surface area contributed by atoms with Crippen molar-refractivity contribution in [3.63, 3.8) is 0 Å². The molecule has 0 saturated heterocycles. The van der Waals surface area contributed by atoms with Crippen LogP contribution in [0.1, 0.15) is 12.5 Å². The summed E-state index contributed by atoms with van der Waals surface area (Å²) in [4.78, 5) is 15.4. The first kappa shape index (κ1) is 19.2. The molecule has 8 heteroatoms. The van der Waals surface area contributed by atoms with Crippen LogP contribution in [0.25, 0.3) is 17.2 Å². The van der Waals surface area contributed by atoms with Crippen LogP contribution in [0.5, 0.6) is 0 Å². The third kappa shape index (κ3) is 5.45. The molecule has 0 aromatic heterocycles. The summed E-state index contributed by atoms with van der Waals surface area (Å²) in [5.74, 6) is -0.794. The number of hydrogen-bond acceptors (Lipinski definition) is 3. The lowest BCUT2D eigenvalue weighted by atomic mass is 9.98. The Bertz CT molecular complexity index is 974. The Morgan fingerprint density at radius 1 is 1.08 bits per heavy atom. The Morgan fingerprint density at radius 2 is 1.69 bits per heavy atom. The zero-order valence-electron chi connectivity index (χ0n) is 14.4. The van der Waals surface area contributed by atoms with E-state index in [2.05, 4.69) is 9.71 Å². The number of rotatable bonds is 5. The van der Waals surface area contributed by atoms with E-state index in [-0.39, 0.29) is 5.96 Å². The molecular weight excluding hydrogens is 352 g/mol. The molecule has 0 aliphatic rings. The third-order valence-electron chi connectivity index (χ3n) is 3.40. The van der Waals surface area contributed by atoms with Gasteiger partial charge in [0.1, 0.15) is 0 Å². The number of guanidine groups is 1. The molecule has 5 N–H and O–H groups in total. The second-order valence-corrected chi connectivity index (χ2v) is 7.46. The largest absolute Gasteiger partial charge is 0.370 e.